The van der Waals surface area contributed by atoms with Crippen molar-refractivity contribution in [3.8, 4) is 0 Å². The first-order valence-electron chi connectivity index (χ1n) is 4.61. The van der Waals surface area contributed by atoms with Crippen LogP contribution in [-0.2, 0) is 23.9 Å². The minimum absolute atomic E-state index is 0. The predicted octanol–water partition coefficient (Wildman–Crippen LogP) is 4.20. The molecule has 0 aromatic rings. The summed E-state index contributed by atoms with van der Waals surface area (Å²) in [5, 5.41) is 0. The van der Waals surface area contributed by atoms with Gasteiger partial charge in [-0.1, -0.05) is 0 Å². The van der Waals surface area contributed by atoms with Gasteiger partial charge in [0.15, 0.2) is 0 Å². The molecular weight excluding hydrogens is 406 g/mol. The van der Waals surface area contributed by atoms with E-state index in [1.165, 1.54) is 11.1 Å². The van der Waals surface area contributed by atoms with Crippen LogP contribution in [0.2, 0.25) is 0 Å². The van der Waals surface area contributed by atoms with Gasteiger partial charge in [-0.3, -0.25) is 12.2 Å². The van der Waals surface area contributed by atoms with Crippen LogP contribution in [0, 0.1) is 12.2 Å². The molecule has 2 aliphatic rings. The molecule has 0 aliphatic heterocycles. The Kier molecular flexibility index (Phi) is 20.6. The summed E-state index contributed by atoms with van der Waals surface area (Å²) < 4.78 is 3.39. The molecule has 0 aromatic heterocycles. The van der Waals surface area contributed by atoms with E-state index >= 15 is 0 Å². The minimum atomic E-state index is 0. The molecule has 0 bridgehead atoms. The van der Waals surface area contributed by atoms with Gasteiger partial charge in [-0.25, -0.2) is 23.3 Å². The molecule has 0 radical (unpaired) electrons. The van der Waals surface area contributed by atoms with Crippen LogP contribution in [-0.4, -0.2) is 4.26 Å². The zero-order chi connectivity index (χ0) is 10.8. The Bertz CT molecular complexity index is 242. The van der Waals surface area contributed by atoms with Crippen LogP contribution >= 0.6 is 24.8 Å². The molecule has 0 unspecified atom stereocenters. The van der Waals surface area contributed by atoms with Crippen molar-refractivity contribution in [2.24, 2.45) is 0 Å². The molecule has 88 valence electrons. The fourth-order valence-electron chi connectivity index (χ4n) is 0.998. The van der Waals surface area contributed by atoms with Crippen LogP contribution in [0.5, 0.6) is 0 Å². The first-order chi connectivity index (χ1) is 6.79. The summed E-state index contributed by atoms with van der Waals surface area (Å²) >= 11 is 1.06. The summed E-state index contributed by atoms with van der Waals surface area (Å²) in [6.45, 7) is 4.17. The number of rotatable bonds is 0. The number of allylic oxidation sites excluding steroid dienone is 8. The third kappa shape index (κ3) is 12.4. The average Bonchev–Trinajstić information content (AvgIpc) is 2.83. The molecule has 0 nitrogen and oxygen atoms in total. The van der Waals surface area contributed by atoms with Crippen LogP contribution in [0.1, 0.15) is 26.7 Å². The van der Waals surface area contributed by atoms with E-state index in [1.807, 2.05) is 12.2 Å². The van der Waals surface area contributed by atoms with Crippen molar-refractivity contribution in [3.05, 3.63) is 47.6 Å². The van der Waals surface area contributed by atoms with Crippen LogP contribution in [0.15, 0.2) is 35.5 Å². The van der Waals surface area contributed by atoms with Crippen LogP contribution in [0.25, 0.3) is 0 Å². The van der Waals surface area contributed by atoms with Crippen molar-refractivity contribution in [2.75, 3.05) is 0 Å². The van der Waals surface area contributed by atoms with Gasteiger partial charge in [-0.05, 0) is 0 Å². The fourth-order valence-corrected chi connectivity index (χ4v) is 0.998. The van der Waals surface area contributed by atoms with Gasteiger partial charge in [0.2, 0.25) is 0 Å². The molecule has 2 rings (SSSR count). The number of hydrogen-bond acceptors (Lipinski definition) is 0. The van der Waals surface area contributed by atoms with Gasteiger partial charge in [0.1, 0.15) is 0 Å². The van der Waals surface area contributed by atoms with E-state index in [2.05, 4.69) is 42.4 Å². The summed E-state index contributed by atoms with van der Waals surface area (Å²) in [4.78, 5) is 0. The quantitative estimate of drug-likeness (QED) is 0.405. The van der Waals surface area contributed by atoms with E-state index in [1.54, 1.807) is 0 Å². The Morgan fingerprint density at radius 3 is 1.31 bits per heavy atom. The molecule has 0 saturated carbocycles. The molecule has 0 saturated heterocycles. The van der Waals surface area contributed by atoms with E-state index in [0.29, 0.717) is 0 Å². The van der Waals surface area contributed by atoms with E-state index in [9.17, 15) is 0 Å². The zero-order valence-electron chi connectivity index (χ0n) is 9.75. The monoisotopic (exact) mass is 424 g/mol. The first-order valence-corrected chi connectivity index (χ1v) is 7.15. The van der Waals surface area contributed by atoms with Crippen molar-refractivity contribution < 1.29 is 23.9 Å². The second-order valence-corrected chi connectivity index (χ2v) is 3.00. The van der Waals surface area contributed by atoms with Gasteiger partial charge in [-0.2, -0.15) is 12.2 Å². The SMILES string of the molecule is CC1=CC[C-]=C1.CC1=CC[C-]=C1.Cl.Cl.[CH2]=[Hf+2]. The average molecular weight is 424 g/mol. The second-order valence-electron chi connectivity index (χ2n) is 3.00. The van der Waals surface area contributed by atoms with Gasteiger partial charge in [0.05, 0.1) is 0 Å². The Morgan fingerprint density at radius 2 is 1.25 bits per heavy atom. The molecule has 0 N–H and O–H groups in total. The molecule has 0 amide bonds. The molecule has 0 atom stereocenters. The first kappa shape index (κ1) is 21.6. The standard InChI is InChI=1S/2C6H7.CH2.2ClH.Hf/c2*1-6-4-2-3-5-6;;;;/h2*4-5H,2H2,1H3;1H2;2*1H;/q2*-1;;;;+2. The van der Waals surface area contributed by atoms with Crippen LogP contribution < -0.4 is 0 Å². The molecule has 3 heteroatoms. The van der Waals surface area contributed by atoms with Gasteiger partial charge in [0, 0.05) is 0 Å². The topological polar surface area (TPSA) is 0 Å². The van der Waals surface area contributed by atoms with Gasteiger partial charge in [0.25, 0.3) is 0 Å². The predicted molar refractivity (Wildman–Crippen MR) is 74.0 cm³/mol. The molecule has 0 heterocycles. The third-order valence-electron chi connectivity index (χ3n) is 1.74. The number of halogens is 2. The second kappa shape index (κ2) is 15.3. The molecule has 16 heavy (non-hydrogen) atoms. The van der Waals surface area contributed by atoms with Crippen molar-refractivity contribution in [1.82, 2.24) is 0 Å². The summed E-state index contributed by atoms with van der Waals surface area (Å²) in [7, 11) is 0. The van der Waals surface area contributed by atoms with Crippen molar-refractivity contribution in [1.29, 1.82) is 0 Å². The van der Waals surface area contributed by atoms with Crippen molar-refractivity contribution >= 4 is 29.1 Å². The Morgan fingerprint density at radius 1 is 0.938 bits per heavy atom. The summed E-state index contributed by atoms with van der Waals surface area (Å²) in [5.41, 5.74) is 2.69. The number of hydrogen-bond donors (Lipinski definition) is 0. The molecular formula is C13H18Cl2Hf. The molecule has 0 fully saturated rings. The molecule has 2 aliphatic carbocycles. The third-order valence-corrected chi connectivity index (χ3v) is 1.74. The van der Waals surface area contributed by atoms with Crippen LogP contribution in [0.4, 0.5) is 0 Å². The van der Waals surface area contributed by atoms with Gasteiger partial charge < -0.3 is 0 Å². The van der Waals surface area contributed by atoms with Crippen molar-refractivity contribution in [2.45, 2.75) is 26.7 Å². The van der Waals surface area contributed by atoms with E-state index in [4.69, 9.17) is 0 Å². The zero-order valence-corrected chi connectivity index (χ0v) is 15.0. The summed E-state index contributed by atoms with van der Waals surface area (Å²) in [5.74, 6) is 0. The van der Waals surface area contributed by atoms with Crippen LogP contribution in [0.3, 0.4) is 0 Å². The van der Waals surface area contributed by atoms with Gasteiger partial charge >= 0.3 is 28.2 Å². The van der Waals surface area contributed by atoms with E-state index in [0.717, 1.165) is 36.7 Å². The maximum atomic E-state index is 3.39. The Labute approximate surface area is 126 Å². The molecule has 0 aromatic carbocycles. The normalized spacial score (nSPS) is 14.2. The van der Waals surface area contributed by atoms with Gasteiger partial charge in [-0.15, -0.1) is 51.5 Å². The Hall–Kier alpha value is 0.280. The Balaban J connectivity index is -0.000000165. The molecule has 0 spiro atoms. The van der Waals surface area contributed by atoms with E-state index in [-0.39, 0.29) is 24.8 Å². The summed E-state index contributed by atoms with van der Waals surface area (Å²) in [6, 6.07) is 0. The maximum absolute atomic E-state index is 3.39. The summed E-state index contributed by atoms with van der Waals surface area (Å²) in [6.07, 6.45) is 16.5. The van der Waals surface area contributed by atoms with E-state index < -0.39 is 0 Å². The fraction of sp³-hybridized carbons (Fsp3) is 0.308. The van der Waals surface area contributed by atoms with Crippen molar-refractivity contribution in [3.63, 3.8) is 0 Å².